The van der Waals surface area contributed by atoms with Crippen LogP contribution in [0.5, 0.6) is 5.75 Å². The normalized spacial score (nSPS) is 13.7. The molecule has 8 heteroatoms. The molecule has 5 nitrogen and oxygen atoms in total. The number of hydrogen-bond donors (Lipinski definition) is 1. The summed E-state index contributed by atoms with van der Waals surface area (Å²) in [6.45, 7) is 1.88. The zero-order chi connectivity index (χ0) is 23.0. The Bertz CT molecular complexity index is 1270. The van der Waals surface area contributed by atoms with Gasteiger partial charge < -0.3 is 10.1 Å². The molecule has 0 saturated heterocycles. The van der Waals surface area contributed by atoms with Crippen LogP contribution in [0, 0.1) is 18.6 Å². The molecule has 0 spiro atoms. The van der Waals surface area contributed by atoms with Crippen molar-refractivity contribution in [3.05, 3.63) is 94.1 Å². The number of nitrogens with zero attached hydrogens (tertiary/aromatic N) is 1. The lowest BCUT2D eigenvalue weighted by Gasteiger charge is -2.16. The van der Waals surface area contributed by atoms with Crippen LogP contribution in [0.1, 0.15) is 11.1 Å². The van der Waals surface area contributed by atoms with Gasteiger partial charge in [0.1, 0.15) is 23.1 Å². The van der Waals surface area contributed by atoms with Gasteiger partial charge in [0.05, 0.1) is 24.1 Å². The first-order valence-electron chi connectivity index (χ1n) is 9.56. The number of benzene rings is 3. The van der Waals surface area contributed by atoms with E-state index in [0.717, 1.165) is 23.8 Å². The van der Waals surface area contributed by atoms with Gasteiger partial charge in [0.15, 0.2) is 0 Å². The van der Waals surface area contributed by atoms with Crippen LogP contribution in [-0.4, -0.2) is 18.9 Å². The molecule has 0 radical (unpaired) electrons. The number of carbonyl (C=O) groups is 2. The number of anilines is 2. The molecule has 0 aliphatic carbocycles. The summed E-state index contributed by atoms with van der Waals surface area (Å²) in [6, 6.07) is 14.2. The molecular formula is C24H17ClF2N2O3. The quantitative estimate of drug-likeness (QED) is 0.529. The summed E-state index contributed by atoms with van der Waals surface area (Å²) in [7, 11) is 1.44. The number of halogens is 3. The molecule has 0 atom stereocenters. The first-order valence-corrected chi connectivity index (χ1v) is 9.93. The molecule has 1 aliphatic rings. The molecule has 32 heavy (non-hydrogen) atoms. The predicted molar refractivity (Wildman–Crippen MR) is 119 cm³/mol. The van der Waals surface area contributed by atoms with E-state index in [1.165, 1.54) is 13.2 Å². The summed E-state index contributed by atoms with van der Waals surface area (Å²) in [6.07, 6.45) is 0. The molecule has 0 bridgehead atoms. The van der Waals surface area contributed by atoms with Crippen molar-refractivity contribution in [2.45, 2.75) is 6.92 Å². The van der Waals surface area contributed by atoms with Crippen LogP contribution in [0.3, 0.4) is 0 Å². The fourth-order valence-electron chi connectivity index (χ4n) is 3.42. The summed E-state index contributed by atoms with van der Waals surface area (Å²) < 4.78 is 33.6. The molecule has 0 fully saturated rings. The number of methoxy groups -OCH3 is 1. The Morgan fingerprint density at radius 1 is 0.938 bits per heavy atom. The molecule has 0 saturated carbocycles. The fraction of sp³-hybridized carbons (Fsp3) is 0.0833. The topological polar surface area (TPSA) is 58.6 Å². The minimum Gasteiger partial charge on any atom is -0.495 e. The third-order valence-electron chi connectivity index (χ3n) is 4.99. The molecule has 0 aromatic heterocycles. The van der Waals surface area contributed by atoms with Crippen molar-refractivity contribution in [3.8, 4) is 5.75 Å². The van der Waals surface area contributed by atoms with Crippen molar-refractivity contribution < 1.29 is 23.1 Å². The van der Waals surface area contributed by atoms with Gasteiger partial charge in [-0.15, -0.1) is 0 Å². The SMILES string of the molecule is COc1ccc(Cl)cc1NC1=C(c2ccc(C)cc2)C(=O)N(c2cc(F)ccc2F)C1=O. The van der Waals surface area contributed by atoms with E-state index >= 15 is 0 Å². The van der Waals surface area contributed by atoms with E-state index in [9.17, 15) is 18.4 Å². The molecule has 0 unspecified atom stereocenters. The molecule has 1 aliphatic heterocycles. The number of nitrogens with one attached hydrogen (secondary N) is 1. The smallest absolute Gasteiger partial charge is 0.282 e. The average molecular weight is 455 g/mol. The van der Waals surface area contributed by atoms with Gasteiger partial charge in [0.25, 0.3) is 11.8 Å². The van der Waals surface area contributed by atoms with E-state index in [1.54, 1.807) is 36.4 Å². The van der Waals surface area contributed by atoms with Gasteiger partial charge >= 0.3 is 0 Å². The van der Waals surface area contributed by atoms with E-state index in [-0.39, 0.29) is 11.3 Å². The van der Waals surface area contributed by atoms with Crippen LogP contribution in [0.15, 0.2) is 66.4 Å². The zero-order valence-electron chi connectivity index (χ0n) is 17.1. The van der Waals surface area contributed by atoms with Crippen LogP contribution in [0.2, 0.25) is 5.02 Å². The number of carbonyl (C=O) groups excluding carboxylic acids is 2. The van der Waals surface area contributed by atoms with E-state index in [0.29, 0.717) is 26.9 Å². The second-order valence-corrected chi connectivity index (χ2v) is 7.56. The number of ether oxygens (including phenoxy) is 1. The summed E-state index contributed by atoms with van der Waals surface area (Å²) in [5.41, 5.74) is 1.16. The summed E-state index contributed by atoms with van der Waals surface area (Å²) in [4.78, 5) is 27.3. The van der Waals surface area contributed by atoms with Gasteiger partial charge in [-0.3, -0.25) is 9.59 Å². The second kappa shape index (κ2) is 8.43. The van der Waals surface area contributed by atoms with Crippen LogP contribution < -0.4 is 15.0 Å². The number of hydrogen-bond acceptors (Lipinski definition) is 4. The molecular weight excluding hydrogens is 438 g/mol. The van der Waals surface area contributed by atoms with Gasteiger partial charge in [-0.25, -0.2) is 13.7 Å². The number of rotatable bonds is 5. The highest BCUT2D eigenvalue weighted by Crippen LogP contribution is 2.37. The highest BCUT2D eigenvalue weighted by Gasteiger charge is 2.41. The van der Waals surface area contributed by atoms with Crippen molar-refractivity contribution in [2.24, 2.45) is 0 Å². The van der Waals surface area contributed by atoms with Gasteiger partial charge in [0, 0.05) is 11.1 Å². The molecule has 1 N–H and O–H groups in total. The predicted octanol–water partition coefficient (Wildman–Crippen LogP) is 5.33. The lowest BCUT2D eigenvalue weighted by Crippen LogP contribution is -2.33. The van der Waals surface area contributed by atoms with E-state index in [1.807, 2.05) is 6.92 Å². The maximum atomic E-state index is 14.5. The number of amides is 2. The largest absolute Gasteiger partial charge is 0.495 e. The molecule has 2 amide bonds. The molecule has 1 heterocycles. The summed E-state index contributed by atoms with van der Waals surface area (Å²) in [5.74, 6) is -2.93. The Morgan fingerprint density at radius 2 is 1.66 bits per heavy atom. The standard InChI is InChI=1S/C24H17ClF2N2O3/c1-13-3-5-14(6-4-13)21-22(28-18-11-15(25)7-10-20(18)32-2)24(31)29(23(21)30)19-12-16(26)8-9-17(19)27/h3-12,28H,1-2H3. The van der Waals surface area contributed by atoms with E-state index in [2.05, 4.69) is 5.32 Å². The fourth-order valence-corrected chi connectivity index (χ4v) is 3.59. The first-order chi connectivity index (χ1) is 15.3. The van der Waals surface area contributed by atoms with Gasteiger partial charge in [-0.1, -0.05) is 41.4 Å². The lowest BCUT2D eigenvalue weighted by molar-refractivity contribution is -0.120. The average Bonchev–Trinajstić information content (AvgIpc) is 3.00. The lowest BCUT2D eigenvalue weighted by atomic mass is 10.0. The molecule has 4 rings (SSSR count). The van der Waals surface area contributed by atoms with Crippen LogP contribution in [0.25, 0.3) is 5.57 Å². The van der Waals surface area contributed by atoms with Gasteiger partial charge in [0.2, 0.25) is 0 Å². The number of aryl methyl sites for hydroxylation is 1. The minimum absolute atomic E-state index is 0.0145. The summed E-state index contributed by atoms with van der Waals surface area (Å²) >= 11 is 6.09. The molecule has 3 aromatic rings. The van der Waals surface area contributed by atoms with Crippen LogP contribution >= 0.6 is 11.6 Å². The van der Waals surface area contributed by atoms with Gasteiger partial charge in [-0.05, 0) is 42.8 Å². The molecule has 162 valence electrons. The Kier molecular flexibility index (Phi) is 5.67. The second-order valence-electron chi connectivity index (χ2n) is 7.13. The maximum absolute atomic E-state index is 14.5. The van der Waals surface area contributed by atoms with Crippen molar-refractivity contribution in [1.29, 1.82) is 0 Å². The highest BCUT2D eigenvalue weighted by atomic mass is 35.5. The minimum atomic E-state index is -0.905. The Balaban J connectivity index is 1.88. The Labute approximate surface area is 187 Å². The van der Waals surface area contributed by atoms with E-state index in [4.69, 9.17) is 16.3 Å². The third-order valence-corrected chi connectivity index (χ3v) is 5.23. The zero-order valence-corrected chi connectivity index (χ0v) is 17.8. The monoisotopic (exact) mass is 454 g/mol. The molecule has 3 aromatic carbocycles. The van der Waals surface area contributed by atoms with Crippen molar-refractivity contribution in [2.75, 3.05) is 17.3 Å². The summed E-state index contributed by atoms with van der Waals surface area (Å²) in [5, 5.41) is 3.29. The van der Waals surface area contributed by atoms with Crippen LogP contribution in [-0.2, 0) is 9.59 Å². The third kappa shape index (κ3) is 3.83. The first kappa shape index (κ1) is 21.5. The number of imide groups is 1. The van der Waals surface area contributed by atoms with Crippen molar-refractivity contribution in [3.63, 3.8) is 0 Å². The Hall–Kier alpha value is -3.71. The van der Waals surface area contributed by atoms with E-state index < -0.39 is 29.1 Å². The highest BCUT2D eigenvalue weighted by molar-refractivity contribution is 6.46. The van der Waals surface area contributed by atoms with Crippen molar-refractivity contribution in [1.82, 2.24) is 0 Å². The Morgan fingerprint density at radius 3 is 2.34 bits per heavy atom. The van der Waals surface area contributed by atoms with Gasteiger partial charge in [-0.2, -0.15) is 0 Å². The van der Waals surface area contributed by atoms with Crippen molar-refractivity contribution >= 4 is 40.4 Å². The van der Waals surface area contributed by atoms with Crippen LogP contribution in [0.4, 0.5) is 20.2 Å². The maximum Gasteiger partial charge on any atom is 0.282 e.